The summed E-state index contributed by atoms with van der Waals surface area (Å²) in [4.78, 5) is 0. The van der Waals surface area contributed by atoms with Gasteiger partial charge in [0.05, 0.1) is 6.07 Å². The Bertz CT molecular complexity index is 584. The number of aryl methyl sites for hydroxylation is 2. The molecule has 2 nitrogen and oxygen atoms in total. The molecule has 0 aromatic heterocycles. The van der Waals surface area contributed by atoms with Crippen molar-refractivity contribution >= 4 is 0 Å². The van der Waals surface area contributed by atoms with E-state index in [1.807, 2.05) is 24.3 Å². The van der Waals surface area contributed by atoms with Crippen LogP contribution in [-0.4, -0.2) is 0 Å². The van der Waals surface area contributed by atoms with Crippen LogP contribution in [0.5, 0.6) is 5.75 Å². The highest BCUT2D eigenvalue weighted by Gasteiger charge is 2.02. The minimum atomic E-state index is 0.591. The van der Waals surface area contributed by atoms with Crippen molar-refractivity contribution in [3.8, 4) is 11.8 Å². The fourth-order valence-electron chi connectivity index (χ4n) is 2.14. The predicted molar refractivity (Wildman–Crippen MR) is 80.5 cm³/mol. The lowest BCUT2D eigenvalue weighted by Crippen LogP contribution is -1.97. The molecular formula is C18H19NO. The molecule has 0 spiro atoms. The molecule has 2 rings (SSSR count). The Balaban J connectivity index is 1.93. The van der Waals surface area contributed by atoms with Gasteiger partial charge in [-0.25, -0.2) is 0 Å². The normalized spacial score (nSPS) is 10.0. The second-order valence-electron chi connectivity index (χ2n) is 4.87. The lowest BCUT2D eigenvalue weighted by molar-refractivity contribution is 0.306. The van der Waals surface area contributed by atoms with E-state index in [1.54, 1.807) is 0 Å². The van der Waals surface area contributed by atoms with Crippen molar-refractivity contribution in [1.82, 2.24) is 0 Å². The maximum absolute atomic E-state index is 8.57. The van der Waals surface area contributed by atoms with Crippen LogP contribution < -0.4 is 4.74 Å². The Labute approximate surface area is 120 Å². The molecule has 0 aliphatic rings. The summed E-state index contributed by atoms with van der Waals surface area (Å²) in [5.41, 5.74) is 3.70. The van der Waals surface area contributed by atoms with E-state index in [0.717, 1.165) is 18.6 Å². The Morgan fingerprint density at radius 2 is 1.90 bits per heavy atom. The Hall–Kier alpha value is -2.27. The molecule has 0 saturated heterocycles. The minimum absolute atomic E-state index is 0.591. The van der Waals surface area contributed by atoms with Gasteiger partial charge in [0.2, 0.25) is 0 Å². The summed E-state index contributed by atoms with van der Waals surface area (Å²) < 4.78 is 5.80. The average Bonchev–Trinajstić information content (AvgIpc) is 2.48. The molecule has 0 aliphatic heterocycles. The molecule has 0 bridgehead atoms. The molecule has 102 valence electrons. The third kappa shape index (κ3) is 4.13. The smallest absolute Gasteiger partial charge is 0.120 e. The molecule has 2 heteroatoms. The number of unbranched alkanes of at least 4 members (excludes halogenated alkanes) is 1. The summed E-state index contributed by atoms with van der Waals surface area (Å²) in [6.07, 6.45) is 2.49. The van der Waals surface area contributed by atoms with Crippen LogP contribution in [0.15, 0.2) is 48.5 Å². The van der Waals surface area contributed by atoms with Crippen LogP contribution in [0.1, 0.15) is 29.5 Å². The SMILES string of the molecule is Cc1cc(OCc2ccccc2)ccc1CCCC#N. The van der Waals surface area contributed by atoms with Crippen molar-refractivity contribution in [2.45, 2.75) is 32.8 Å². The quantitative estimate of drug-likeness (QED) is 0.724. The lowest BCUT2D eigenvalue weighted by Gasteiger charge is -2.10. The van der Waals surface area contributed by atoms with Crippen LogP contribution in [0.2, 0.25) is 0 Å². The van der Waals surface area contributed by atoms with Gasteiger partial charge in [-0.15, -0.1) is 0 Å². The van der Waals surface area contributed by atoms with E-state index in [-0.39, 0.29) is 0 Å². The molecular weight excluding hydrogens is 246 g/mol. The monoisotopic (exact) mass is 265 g/mol. The summed E-state index contributed by atoms with van der Waals surface area (Å²) in [6, 6.07) is 18.5. The lowest BCUT2D eigenvalue weighted by atomic mass is 10.0. The maximum Gasteiger partial charge on any atom is 0.120 e. The molecule has 2 aromatic rings. The number of nitrogens with zero attached hydrogens (tertiary/aromatic N) is 1. The first-order chi connectivity index (χ1) is 9.79. The number of hydrogen-bond acceptors (Lipinski definition) is 2. The molecule has 0 saturated carbocycles. The number of hydrogen-bond donors (Lipinski definition) is 0. The van der Waals surface area contributed by atoms with Gasteiger partial charge in [0.15, 0.2) is 0 Å². The molecule has 0 heterocycles. The number of ether oxygens (including phenoxy) is 1. The highest BCUT2D eigenvalue weighted by Crippen LogP contribution is 2.20. The van der Waals surface area contributed by atoms with Gasteiger partial charge in [-0.1, -0.05) is 36.4 Å². The van der Waals surface area contributed by atoms with Crippen LogP contribution in [0.25, 0.3) is 0 Å². The molecule has 2 aromatic carbocycles. The molecule has 0 radical (unpaired) electrons. The van der Waals surface area contributed by atoms with E-state index in [0.29, 0.717) is 13.0 Å². The molecule has 0 atom stereocenters. The fourth-order valence-corrected chi connectivity index (χ4v) is 2.14. The highest BCUT2D eigenvalue weighted by atomic mass is 16.5. The zero-order valence-corrected chi connectivity index (χ0v) is 11.8. The summed E-state index contributed by atoms with van der Waals surface area (Å²) in [5, 5.41) is 8.57. The van der Waals surface area contributed by atoms with Crippen molar-refractivity contribution in [2.75, 3.05) is 0 Å². The van der Waals surface area contributed by atoms with Gasteiger partial charge in [0.25, 0.3) is 0 Å². The first kappa shape index (κ1) is 14.1. The summed E-state index contributed by atoms with van der Waals surface area (Å²) in [7, 11) is 0. The van der Waals surface area contributed by atoms with Crippen molar-refractivity contribution in [1.29, 1.82) is 5.26 Å². The second kappa shape index (κ2) is 7.35. The summed E-state index contributed by atoms with van der Waals surface area (Å²) in [6.45, 7) is 2.69. The number of benzene rings is 2. The number of rotatable bonds is 6. The van der Waals surface area contributed by atoms with E-state index >= 15 is 0 Å². The van der Waals surface area contributed by atoms with Gasteiger partial charge < -0.3 is 4.74 Å². The Kier molecular flexibility index (Phi) is 5.20. The van der Waals surface area contributed by atoms with Crippen molar-refractivity contribution in [3.63, 3.8) is 0 Å². The second-order valence-corrected chi connectivity index (χ2v) is 4.87. The number of nitriles is 1. The van der Waals surface area contributed by atoms with Crippen LogP contribution in [-0.2, 0) is 13.0 Å². The van der Waals surface area contributed by atoms with Gasteiger partial charge >= 0.3 is 0 Å². The Morgan fingerprint density at radius 1 is 1.10 bits per heavy atom. The predicted octanol–water partition coefficient (Wildman–Crippen LogP) is 4.42. The van der Waals surface area contributed by atoms with E-state index in [1.165, 1.54) is 16.7 Å². The zero-order chi connectivity index (χ0) is 14.2. The van der Waals surface area contributed by atoms with Gasteiger partial charge in [0, 0.05) is 6.42 Å². The molecule has 0 amide bonds. The van der Waals surface area contributed by atoms with E-state index in [9.17, 15) is 0 Å². The van der Waals surface area contributed by atoms with Crippen molar-refractivity contribution < 1.29 is 4.74 Å². The minimum Gasteiger partial charge on any atom is -0.489 e. The van der Waals surface area contributed by atoms with Gasteiger partial charge in [-0.05, 0) is 48.6 Å². The molecule has 0 unspecified atom stereocenters. The van der Waals surface area contributed by atoms with Crippen LogP contribution >= 0.6 is 0 Å². The van der Waals surface area contributed by atoms with E-state index in [4.69, 9.17) is 10.00 Å². The zero-order valence-electron chi connectivity index (χ0n) is 11.8. The molecule has 0 N–H and O–H groups in total. The maximum atomic E-state index is 8.57. The van der Waals surface area contributed by atoms with Crippen molar-refractivity contribution in [2.24, 2.45) is 0 Å². The average molecular weight is 265 g/mol. The Morgan fingerprint density at radius 3 is 2.60 bits per heavy atom. The largest absolute Gasteiger partial charge is 0.489 e. The third-order valence-electron chi connectivity index (χ3n) is 3.30. The van der Waals surface area contributed by atoms with Gasteiger partial charge in [-0.3, -0.25) is 0 Å². The highest BCUT2D eigenvalue weighted by molar-refractivity contribution is 5.35. The summed E-state index contributed by atoms with van der Waals surface area (Å²) in [5.74, 6) is 0.899. The van der Waals surface area contributed by atoms with E-state index in [2.05, 4.69) is 37.3 Å². The van der Waals surface area contributed by atoms with Gasteiger partial charge in [-0.2, -0.15) is 5.26 Å². The first-order valence-electron chi connectivity index (χ1n) is 6.93. The van der Waals surface area contributed by atoms with Crippen LogP contribution in [0.4, 0.5) is 0 Å². The van der Waals surface area contributed by atoms with Gasteiger partial charge in [0.1, 0.15) is 12.4 Å². The molecule has 0 fully saturated rings. The van der Waals surface area contributed by atoms with Crippen LogP contribution in [0, 0.1) is 18.3 Å². The topological polar surface area (TPSA) is 33.0 Å². The standard InChI is InChI=1S/C18H19NO/c1-15-13-18(11-10-17(15)9-5-6-12-19)20-14-16-7-3-2-4-8-16/h2-4,7-8,10-11,13H,5-6,9,14H2,1H3. The third-order valence-corrected chi connectivity index (χ3v) is 3.30. The fraction of sp³-hybridized carbons (Fsp3) is 0.278. The van der Waals surface area contributed by atoms with E-state index < -0.39 is 0 Å². The van der Waals surface area contributed by atoms with Crippen molar-refractivity contribution in [3.05, 3.63) is 65.2 Å². The molecule has 20 heavy (non-hydrogen) atoms. The van der Waals surface area contributed by atoms with Crippen LogP contribution in [0.3, 0.4) is 0 Å². The first-order valence-corrected chi connectivity index (χ1v) is 6.93. The summed E-state index contributed by atoms with van der Waals surface area (Å²) >= 11 is 0. The molecule has 0 aliphatic carbocycles.